The fourth-order valence-corrected chi connectivity index (χ4v) is 6.49. The lowest BCUT2D eigenvalue weighted by atomic mass is 9.81. The Kier molecular flexibility index (Phi) is 5.39. The largest absolute Gasteiger partial charge is 0.496 e. The van der Waals surface area contributed by atoms with Crippen LogP contribution in [0.3, 0.4) is 0 Å². The molecule has 6 heteroatoms. The summed E-state index contributed by atoms with van der Waals surface area (Å²) in [5, 5.41) is 2.67. The van der Waals surface area contributed by atoms with Crippen molar-refractivity contribution in [3.05, 3.63) is 88.4 Å². The van der Waals surface area contributed by atoms with Gasteiger partial charge in [-0.3, -0.25) is 9.59 Å². The minimum Gasteiger partial charge on any atom is -0.496 e. The normalized spacial score (nSPS) is 25.2. The molecule has 1 aromatic rings. The zero-order chi connectivity index (χ0) is 24.1. The van der Waals surface area contributed by atoms with E-state index in [4.69, 9.17) is 4.74 Å². The molecular formula is C29H31N3O3. The highest BCUT2D eigenvalue weighted by Crippen LogP contribution is 2.50. The van der Waals surface area contributed by atoms with Crippen LogP contribution in [0.15, 0.2) is 82.8 Å². The number of amides is 2. The number of piperidine rings is 1. The maximum Gasteiger partial charge on any atom is 0.235 e. The highest BCUT2D eigenvalue weighted by atomic mass is 16.5. The summed E-state index contributed by atoms with van der Waals surface area (Å²) in [7, 11) is 3.38. The molecule has 2 aliphatic heterocycles. The van der Waals surface area contributed by atoms with Gasteiger partial charge in [0.1, 0.15) is 5.76 Å². The van der Waals surface area contributed by atoms with Gasteiger partial charge in [-0.2, -0.15) is 0 Å². The molecule has 2 heterocycles. The first-order valence-corrected chi connectivity index (χ1v) is 12.5. The standard InChI is InChI=1S/C29H31N3O3/c1-30-26(33)17-22-21-8-3-4-9-23(21)32(29(22)34)20-12-14-31(15-13-20)24-16-19-7-5-6-18-10-11-25(35-2)28(24)27(18)19/h3-11,20,22,27H,12-17H2,1-2H3,(H,30,33). The number of anilines is 1. The summed E-state index contributed by atoms with van der Waals surface area (Å²) >= 11 is 0. The van der Waals surface area contributed by atoms with Crippen molar-refractivity contribution in [2.45, 2.75) is 37.6 Å². The lowest BCUT2D eigenvalue weighted by Crippen LogP contribution is -2.46. The van der Waals surface area contributed by atoms with Gasteiger partial charge in [0, 0.05) is 61.9 Å². The Balaban J connectivity index is 1.23. The number of carbonyl (C=O) groups is 2. The highest BCUT2D eigenvalue weighted by Gasteiger charge is 2.44. The summed E-state index contributed by atoms with van der Waals surface area (Å²) in [6.07, 6.45) is 13.8. The number of para-hydroxylation sites is 1. The summed E-state index contributed by atoms with van der Waals surface area (Å²) < 4.78 is 5.79. The van der Waals surface area contributed by atoms with Crippen molar-refractivity contribution in [3.63, 3.8) is 0 Å². The van der Waals surface area contributed by atoms with Crippen LogP contribution < -0.4 is 10.2 Å². The van der Waals surface area contributed by atoms with Gasteiger partial charge >= 0.3 is 0 Å². The van der Waals surface area contributed by atoms with Gasteiger partial charge in [0.15, 0.2) is 0 Å². The monoisotopic (exact) mass is 469 g/mol. The maximum absolute atomic E-state index is 13.5. The van der Waals surface area contributed by atoms with E-state index >= 15 is 0 Å². The van der Waals surface area contributed by atoms with Crippen LogP contribution in [-0.4, -0.2) is 50.0 Å². The lowest BCUT2D eigenvalue weighted by molar-refractivity contribution is -0.126. The minimum atomic E-state index is -0.395. The molecule has 1 fully saturated rings. The number of ether oxygens (including phenoxy) is 1. The molecule has 0 bridgehead atoms. The molecule has 35 heavy (non-hydrogen) atoms. The first kappa shape index (κ1) is 22.0. The van der Waals surface area contributed by atoms with E-state index in [0.29, 0.717) is 5.92 Å². The lowest BCUT2D eigenvalue weighted by Gasteiger charge is -2.39. The average Bonchev–Trinajstić information content (AvgIpc) is 3.41. The van der Waals surface area contributed by atoms with E-state index in [0.717, 1.165) is 49.4 Å². The number of fused-ring (bicyclic) bond motifs is 1. The maximum atomic E-state index is 13.5. The van der Waals surface area contributed by atoms with Crippen molar-refractivity contribution < 1.29 is 14.3 Å². The smallest absolute Gasteiger partial charge is 0.235 e. The number of rotatable bonds is 5. The number of allylic oxidation sites excluding steroid dienone is 8. The molecule has 180 valence electrons. The average molecular weight is 470 g/mol. The number of carbonyl (C=O) groups excluding carboxylic acids is 2. The van der Waals surface area contributed by atoms with Gasteiger partial charge in [-0.05, 0) is 36.1 Å². The van der Waals surface area contributed by atoms with Gasteiger partial charge in [-0.15, -0.1) is 0 Å². The topological polar surface area (TPSA) is 61.9 Å². The Morgan fingerprint density at radius 1 is 1.14 bits per heavy atom. The zero-order valence-electron chi connectivity index (χ0n) is 20.3. The fraction of sp³-hybridized carbons (Fsp3) is 0.379. The van der Waals surface area contributed by atoms with E-state index in [2.05, 4.69) is 40.6 Å². The Hall–Kier alpha value is -3.54. The summed E-state index contributed by atoms with van der Waals surface area (Å²) in [4.78, 5) is 30.1. The van der Waals surface area contributed by atoms with Crippen molar-refractivity contribution in [3.8, 4) is 0 Å². The van der Waals surface area contributed by atoms with E-state index in [1.165, 1.54) is 22.4 Å². The van der Waals surface area contributed by atoms with Gasteiger partial charge in [-0.1, -0.05) is 48.1 Å². The molecule has 0 aromatic heterocycles. The molecule has 2 unspecified atom stereocenters. The van der Waals surface area contributed by atoms with Crippen molar-refractivity contribution in [1.82, 2.24) is 10.2 Å². The number of benzene rings is 1. The van der Waals surface area contributed by atoms with E-state index in [1.54, 1.807) is 14.2 Å². The Morgan fingerprint density at radius 2 is 1.94 bits per heavy atom. The van der Waals surface area contributed by atoms with Gasteiger partial charge in [0.05, 0.1) is 13.0 Å². The number of hydrogen-bond donors (Lipinski definition) is 1. The second-order valence-electron chi connectivity index (χ2n) is 9.89. The molecule has 0 saturated carbocycles. The molecule has 1 aromatic carbocycles. The van der Waals surface area contributed by atoms with Crippen molar-refractivity contribution in [2.24, 2.45) is 5.92 Å². The zero-order valence-corrected chi connectivity index (χ0v) is 20.3. The predicted octanol–water partition coefficient (Wildman–Crippen LogP) is 3.96. The first-order valence-electron chi connectivity index (χ1n) is 12.5. The summed E-state index contributed by atoms with van der Waals surface area (Å²) in [6, 6.07) is 8.11. The van der Waals surface area contributed by atoms with E-state index < -0.39 is 5.92 Å². The molecule has 0 spiro atoms. The van der Waals surface area contributed by atoms with Crippen molar-refractivity contribution >= 4 is 17.5 Å². The Labute approximate surface area is 206 Å². The predicted molar refractivity (Wildman–Crippen MR) is 135 cm³/mol. The number of nitrogens with one attached hydrogen (secondary N) is 1. The minimum absolute atomic E-state index is 0.0602. The second-order valence-corrected chi connectivity index (χ2v) is 9.89. The van der Waals surface area contributed by atoms with Gasteiger partial charge in [0.2, 0.25) is 11.8 Å². The first-order chi connectivity index (χ1) is 17.1. The SMILES string of the molecule is CNC(=O)CC1C(=O)N(C2CCN(C3=C4C(OC)=CC=C5C=CC=C(C3)C54)CC2)c2ccccc21. The molecule has 0 radical (unpaired) electrons. The molecule has 2 amide bonds. The molecule has 6 nitrogen and oxygen atoms in total. The van der Waals surface area contributed by atoms with Crippen LogP contribution in [0, 0.1) is 5.92 Å². The van der Waals surface area contributed by atoms with E-state index in [1.807, 2.05) is 29.2 Å². The van der Waals surface area contributed by atoms with Crippen LogP contribution in [0.5, 0.6) is 0 Å². The molecule has 5 aliphatic rings. The third-order valence-corrected chi connectivity index (χ3v) is 8.17. The van der Waals surface area contributed by atoms with Crippen LogP contribution in [0.1, 0.15) is 37.2 Å². The summed E-state index contributed by atoms with van der Waals surface area (Å²) in [6.45, 7) is 1.80. The van der Waals surface area contributed by atoms with Crippen LogP contribution in [0.2, 0.25) is 0 Å². The number of methoxy groups -OCH3 is 1. The number of nitrogens with zero attached hydrogens (tertiary/aromatic N) is 2. The summed E-state index contributed by atoms with van der Waals surface area (Å²) in [5.74, 6) is 0.844. The van der Waals surface area contributed by atoms with Gasteiger partial charge < -0.3 is 19.9 Å². The van der Waals surface area contributed by atoms with Crippen LogP contribution in [-0.2, 0) is 14.3 Å². The van der Waals surface area contributed by atoms with Crippen molar-refractivity contribution in [1.29, 1.82) is 0 Å². The van der Waals surface area contributed by atoms with Gasteiger partial charge in [-0.25, -0.2) is 0 Å². The van der Waals surface area contributed by atoms with E-state index in [9.17, 15) is 9.59 Å². The van der Waals surface area contributed by atoms with E-state index in [-0.39, 0.29) is 24.3 Å². The Morgan fingerprint density at radius 3 is 2.71 bits per heavy atom. The highest BCUT2D eigenvalue weighted by molar-refractivity contribution is 6.07. The molecule has 3 aliphatic carbocycles. The third kappa shape index (κ3) is 3.46. The molecule has 1 saturated heterocycles. The molecule has 2 atom stereocenters. The molecule has 6 rings (SSSR count). The van der Waals surface area contributed by atoms with Crippen LogP contribution in [0.25, 0.3) is 0 Å². The Bertz CT molecular complexity index is 1240. The molecular weight excluding hydrogens is 438 g/mol. The number of likely N-dealkylation sites (tertiary alicyclic amines) is 1. The third-order valence-electron chi connectivity index (χ3n) is 8.17. The van der Waals surface area contributed by atoms with Crippen LogP contribution >= 0.6 is 0 Å². The quantitative estimate of drug-likeness (QED) is 0.709. The second kappa shape index (κ2) is 8.59. The fourth-order valence-electron chi connectivity index (χ4n) is 6.49. The summed E-state index contributed by atoms with van der Waals surface area (Å²) in [5.41, 5.74) is 7.41. The van der Waals surface area contributed by atoms with Crippen LogP contribution in [0.4, 0.5) is 5.69 Å². The number of hydrogen-bond acceptors (Lipinski definition) is 4. The van der Waals surface area contributed by atoms with Gasteiger partial charge in [0.25, 0.3) is 0 Å². The molecule has 1 N–H and O–H groups in total. The van der Waals surface area contributed by atoms with Crippen molar-refractivity contribution in [2.75, 3.05) is 32.1 Å².